The smallest absolute Gasteiger partial charge is 0.128 e. The standard InChI is InChI=1S/C18H24N2O2/c1-4-22-18-12-15(21-3)10-11-16(18)17(13-19)20(2)14-8-6-5-7-9-14/h5-12,17H,4,13,19H2,1-3H3. The first-order valence-electron chi connectivity index (χ1n) is 7.50. The predicted octanol–water partition coefficient (Wildman–Crippen LogP) is 3.23. The molecule has 0 heterocycles. The van der Waals surface area contributed by atoms with E-state index in [9.17, 15) is 0 Å². The Morgan fingerprint density at radius 2 is 1.86 bits per heavy atom. The molecule has 4 heteroatoms. The first-order chi connectivity index (χ1) is 10.7. The van der Waals surface area contributed by atoms with E-state index in [1.54, 1.807) is 7.11 Å². The van der Waals surface area contributed by atoms with E-state index < -0.39 is 0 Å². The van der Waals surface area contributed by atoms with Gasteiger partial charge in [0.15, 0.2) is 0 Å². The van der Waals surface area contributed by atoms with Crippen LogP contribution in [0, 0.1) is 0 Å². The summed E-state index contributed by atoms with van der Waals surface area (Å²) in [6, 6.07) is 16.1. The molecule has 118 valence electrons. The van der Waals surface area contributed by atoms with Gasteiger partial charge in [-0.15, -0.1) is 0 Å². The van der Waals surface area contributed by atoms with Crippen LogP contribution in [0.2, 0.25) is 0 Å². The molecule has 0 aromatic heterocycles. The van der Waals surface area contributed by atoms with E-state index in [-0.39, 0.29) is 6.04 Å². The van der Waals surface area contributed by atoms with Crippen LogP contribution in [-0.4, -0.2) is 27.3 Å². The molecule has 0 aliphatic heterocycles. The van der Waals surface area contributed by atoms with Crippen molar-refractivity contribution < 1.29 is 9.47 Å². The summed E-state index contributed by atoms with van der Waals surface area (Å²) in [5, 5.41) is 0. The molecule has 0 amide bonds. The average Bonchev–Trinajstić information content (AvgIpc) is 2.57. The Balaban J connectivity index is 2.38. The van der Waals surface area contributed by atoms with Gasteiger partial charge in [-0.3, -0.25) is 0 Å². The second-order valence-corrected chi connectivity index (χ2v) is 5.03. The van der Waals surface area contributed by atoms with Crippen LogP contribution >= 0.6 is 0 Å². The van der Waals surface area contributed by atoms with Crippen LogP contribution in [-0.2, 0) is 0 Å². The minimum absolute atomic E-state index is 0.0369. The monoisotopic (exact) mass is 300 g/mol. The lowest BCUT2D eigenvalue weighted by Crippen LogP contribution is -2.30. The van der Waals surface area contributed by atoms with Crippen molar-refractivity contribution in [1.29, 1.82) is 0 Å². The number of para-hydroxylation sites is 1. The summed E-state index contributed by atoms with van der Waals surface area (Å²) in [6.07, 6.45) is 0. The number of methoxy groups -OCH3 is 1. The lowest BCUT2D eigenvalue weighted by atomic mass is 10.0. The fourth-order valence-corrected chi connectivity index (χ4v) is 2.53. The summed E-state index contributed by atoms with van der Waals surface area (Å²) in [7, 11) is 3.70. The average molecular weight is 300 g/mol. The van der Waals surface area contributed by atoms with Crippen molar-refractivity contribution in [2.45, 2.75) is 13.0 Å². The molecule has 0 aliphatic carbocycles. The van der Waals surface area contributed by atoms with E-state index in [1.165, 1.54) is 0 Å². The molecule has 22 heavy (non-hydrogen) atoms. The molecule has 1 atom stereocenters. The molecule has 0 radical (unpaired) electrons. The summed E-state index contributed by atoms with van der Waals surface area (Å²) in [5.74, 6) is 1.60. The predicted molar refractivity (Wildman–Crippen MR) is 90.8 cm³/mol. The largest absolute Gasteiger partial charge is 0.497 e. The van der Waals surface area contributed by atoms with Gasteiger partial charge in [-0.1, -0.05) is 18.2 Å². The fourth-order valence-electron chi connectivity index (χ4n) is 2.53. The maximum absolute atomic E-state index is 6.05. The van der Waals surface area contributed by atoms with Crippen LogP contribution in [0.3, 0.4) is 0 Å². The second-order valence-electron chi connectivity index (χ2n) is 5.03. The van der Waals surface area contributed by atoms with Crippen molar-refractivity contribution in [2.24, 2.45) is 5.73 Å². The van der Waals surface area contributed by atoms with Gasteiger partial charge in [0, 0.05) is 30.9 Å². The maximum atomic E-state index is 6.05. The van der Waals surface area contributed by atoms with Crippen LogP contribution in [0.1, 0.15) is 18.5 Å². The number of hydrogen-bond acceptors (Lipinski definition) is 4. The molecule has 0 aliphatic rings. The van der Waals surface area contributed by atoms with Crippen molar-refractivity contribution in [3.63, 3.8) is 0 Å². The quantitative estimate of drug-likeness (QED) is 0.853. The molecule has 0 saturated carbocycles. The Labute approximate surface area is 132 Å². The molecule has 2 rings (SSSR count). The maximum Gasteiger partial charge on any atom is 0.128 e. The molecule has 2 N–H and O–H groups in total. The molecular formula is C18H24N2O2. The Bertz CT molecular complexity index is 587. The van der Waals surface area contributed by atoms with Gasteiger partial charge in [0.25, 0.3) is 0 Å². The normalized spacial score (nSPS) is 11.8. The highest BCUT2D eigenvalue weighted by atomic mass is 16.5. The number of rotatable bonds is 7. The zero-order valence-electron chi connectivity index (χ0n) is 13.5. The van der Waals surface area contributed by atoms with Gasteiger partial charge in [-0.05, 0) is 31.2 Å². The van der Waals surface area contributed by atoms with Gasteiger partial charge < -0.3 is 20.1 Å². The third kappa shape index (κ3) is 3.52. The van der Waals surface area contributed by atoms with Gasteiger partial charge in [0.05, 0.1) is 19.8 Å². The number of nitrogens with zero attached hydrogens (tertiary/aromatic N) is 1. The van der Waals surface area contributed by atoms with Gasteiger partial charge in [0.2, 0.25) is 0 Å². The SMILES string of the molecule is CCOc1cc(OC)ccc1C(CN)N(C)c1ccccc1. The van der Waals surface area contributed by atoms with Gasteiger partial charge >= 0.3 is 0 Å². The van der Waals surface area contributed by atoms with Crippen LogP contribution in [0.15, 0.2) is 48.5 Å². The summed E-state index contributed by atoms with van der Waals surface area (Å²) in [6.45, 7) is 3.08. The minimum Gasteiger partial charge on any atom is -0.497 e. The molecule has 2 aromatic carbocycles. The minimum atomic E-state index is 0.0369. The number of likely N-dealkylation sites (N-methyl/N-ethyl adjacent to an activating group) is 1. The van der Waals surface area contributed by atoms with Crippen LogP contribution in [0.4, 0.5) is 5.69 Å². The van der Waals surface area contributed by atoms with E-state index in [0.29, 0.717) is 13.2 Å². The number of nitrogens with two attached hydrogens (primary N) is 1. The van der Waals surface area contributed by atoms with Gasteiger partial charge in [-0.2, -0.15) is 0 Å². The zero-order valence-corrected chi connectivity index (χ0v) is 13.5. The van der Waals surface area contributed by atoms with Crippen molar-refractivity contribution >= 4 is 5.69 Å². The van der Waals surface area contributed by atoms with Crippen LogP contribution < -0.4 is 20.1 Å². The molecule has 0 saturated heterocycles. The summed E-state index contributed by atoms with van der Waals surface area (Å²) in [5.41, 5.74) is 8.24. The van der Waals surface area contributed by atoms with Crippen LogP contribution in [0.25, 0.3) is 0 Å². The van der Waals surface area contributed by atoms with Gasteiger partial charge in [0.1, 0.15) is 11.5 Å². The second kappa shape index (κ2) is 7.71. The van der Waals surface area contributed by atoms with Crippen LogP contribution in [0.5, 0.6) is 11.5 Å². The molecule has 2 aromatic rings. The Morgan fingerprint density at radius 3 is 2.45 bits per heavy atom. The van der Waals surface area contributed by atoms with E-state index in [2.05, 4.69) is 17.0 Å². The lowest BCUT2D eigenvalue weighted by Gasteiger charge is -2.30. The highest BCUT2D eigenvalue weighted by molar-refractivity contribution is 5.51. The molecule has 0 bridgehead atoms. The molecular weight excluding hydrogens is 276 g/mol. The third-order valence-corrected chi connectivity index (χ3v) is 3.73. The highest BCUT2D eigenvalue weighted by Gasteiger charge is 2.20. The Hall–Kier alpha value is -2.20. The van der Waals surface area contributed by atoms with Crippen molar-refractivity contribution in [3.05, 3.63) is 54.1 Å². The number of anilines is 1. The zero-order chi connectivity index (χ0) is 15.9. The molecule has 4 nitrogen and oxygen atoms in total. The lowest BCUT2D eigenvalue weighted by molar-refractivity contribution is 0.330. The third-order valence-electron chi connectivity index (χ3n) is 3.73. The van der Waals surface area contributed by atoms with E-state index in [1.807, 2.05) is 50.4 Å². The van der Waals surface area contributed by atoms with E-state index in [0.717, 1.165) is 22.7 Å². The number of hydrogen-bond donors (Lipinski definition) is 1. The highest BCUT2D eigenvalue weighted by Crippen LogP contribution is 2.33. The van der Waals surface area contributed by atoms with Crippen molar-refractivity contribution in [1.82, 2.24) is 0 Å². The van der Waals surface area contributed by atoms with E-state index >= 15 is 0 Å². The number of ether oxygens (including phenoxy) is 2. The molecule has 1 unspecified atom stereocenters. The van der Waals surface area contributed by atoms with Crippen molar-refractivity contribution in [3.8, 4) is 11.5 Å². The topological polar surface area (TPSA) is 47.7 Å². The Morgan fingerprint density at radius 1 is 1.14 bits per heavy atom. The summed E-state index contributed by atoms with van der Waals surface area (Å²) < 4.78 is 11.1. The first-order valence-corrected chi connectivity index (χ1v) is 7.50. The number of benzene rings is 2. The summed E-state index contributed by atoms with van der Waals surface area (Å²) in [4.78, 5) is 2.17. The van der Waals surface area contributed by atoms with Crippen molar-refractivity contribution in [2.75, 3.05) is 32.2 Å². The van der Waals surface area contributed by atoms with E-state index in [4.69, 9.17) is 15.2 Å². The summed E-state index contributed by atoms with van der Waals surface area (Å²) >= 11 is 0. The fraction of sp³-hybridized carbons (Fsp3) is 0.333. The molecule has 0 spiro atoms. The Kier molecular flexibility index (Phi) is 5.67. The first kappa shape index (κ1) is 16.2. The molecule has 0 fully saturated rings. The van der Waals surface area contributed by atoms with Gasteiger partial charge in [-0.25, -0.2) is 0 Å².